The largest absolute Gasteiger partial charge is 0.497 e. The molecule has 1 aromatic rings. The molecule has 0 bridgehead atoms. The smallest absolute Gasteiger partial charge is 0.127 e. The summed E-state index contributed by atoms with van der Waals surface area (Å²) in [4.78, 5) is 0. The lowest BCUT2D eigenvalue weighted by Crippen LogP contribution is -2.24. The molecule has 120 valence electrons. The summed E-state index contributed by atoms with van der Waals surface area (Å²) < 4.78 is 16.4. The molecule has 0 saturated carbocycles. The van der Waals surface area contributed by atoms with E-state index in [0.29, 0.717) is 0 Å². The van der Waals surface area contributed by atoms with Gasteiger partial charge >= 0.3 is 0 Å². The second-order valence-electron chi connectivity index (χ2n) is 5.02. The van der Waals surface area contributed by atoms with Crippen molar-refractivity contribution in [1.82, 2.24) is 5.32 Å². The van der Waals surface area contributed by atoms with Gasteiger partial charge in [0.2, 0.25) is 0 Å². The van der Waals surface area contributed by atoms with E-state index in [1.807, 2.05) is 12.1 Å². The quantitative estimate of drug-likeness (QED) is 0.634. The minimum atomic E-state index is 0.239. The van der Waals surface area contributed by atoms with E-state index in [2.05, 4.69) is 25.2 Å². The lowest BCUT2D eigenvalue weighted by molar-refractivity contribution is 0.124. The number of rotatable bonds is 11. The molecule has 0 spiro atoms. The number of methoxy groups -OCH3 is 2. The van der Waals surface area contributed by atoms with E-state index in [4.69, 9.17) is 14.2 Å². The fourth-order valence-electron chi connectivity index (χ4n) is 2.24. The molecule has 0 aromatic heterocycles. The second-order valence-corrected chi connectivity index (χ2v) is 5.02. The Kier molecular flexibility index (Phi) is 8.87. The van der Waals surface area contributed by atoms with Crippen LogP contribution in [0.2, 0.25) is 0 Å². The Labute approximate surface area is 128 Å². The van der Waals surface area contributed by atoms with Gasteiger partial charge in [-0.25, -0.2) is 0 Å². The van der Waals surface area contributed by atoms with Gasteiger partial charge in [-0.05, 0) is 31.9 Å². The van der Waals surface area contributed by atoms with Gasteiger partial charge in [0, 0.05) is 30.9 Å². The summed E-state index contributed by atoms with van der Waals surface area (Å²) in [6.07, 6.45) is 3.09. The first-order chi connectivity index (χ1) is 10.3. The average Bonchev–Trinajstić information content (AvgIpc) is 2.53. The van der Waals surface area contributed by atoms with Crippen molar-refractivity contribution in [3.05, 3.63) is 23.8 Å². The van der Waals surface area contributed by atoms with Gasteiger partial charge in [-0.15, -0.1) is 0 Å². The maximum atomic E-state index is 5.63. The molecule has 0 aliphatic heterocycles. The zero-order valence-corrected chi connectivity index (χ0v) is 13.8. The van der Waals surface area contributed by atoms with Crippen LogP contribution in [0.15, 0.2) is 18.2 Å². The summed E-state index contributed by atoms with van der Waals surface area (Å²) in [7, 11) is 3.36. The molecule has 4 heteroatoms. The maximum Gasteiger partial charge on any atom is 0.127 e. The summed E-state index contributed by atoms with van der Waals surface area (Å²) >= 11 is 0. The van der Waals surface area contributed by atoms with Crippen LogP contribution in [-0.4, -0.2) is 34.0 Å². The molecule has 0 radical (unpaired) electrons. The molecule has 0 heterocycles. The lowest BCUT2D eigenvalue weighted by Gasteiger charge is -2.21. The zero-order chi connectivity index (χ0) is 15.5. The second kappa shape index (κ2) is 10.5. The summed E-state index contributed by atoms with van der Waals surface area (Å²) in [5.41, 5.74) is 1.16. The van der Waals surface area contributed by atoms with Gasteiger partial charge in [0.15, 0.2) is 0 Å². The highest BCUT2D eigenvalue weighted by molar-refractivity contribution is 5.42. The third-order valence-corrected chi connectivity index (χ3v) is 3.36. The Morgan fingerprint density at radius 3 is 2.48 bits per heavy atom. The molecule has 1 rings (SSSR count). The molecule has 4 nitrogen and oxygen atoms in total. The number of benzene rings is 1. The van der Waals surface area contributed by atoms with Gasteiger partial charge in [0.25, 0.3) is 0 Å². The van der Waals surface area contributed by atoms with Gasteiger partial charge in [-0.1, -0.05) is 19.9 Å². The van der Waals surface area contributed by atoms with Gasteiger partial charge < -0.3 is 19.5 Å². The van der Waals surface area contributed by atoms with Gasteiger partial charge in [-0.2, -0.15) is 0 Å². The van der Waals surface area contributed by atoms with Crippen LogP contribution in [0, 0.1) is 0 Å². The SMILES string of the molecule is CCCNC(CCOCCC)c1ccc(OC)cc1OC. The van der Waals surface area contributed by atoms with E-state index >= 15 is 0 Å². The molecule has 1 N–H and O–H groups in total. The predicted molar refractivity (Wildman–Crippen MR) is 86.3 cm³/mol. The Bertz CT molecular complexity index is 396. The molecular weight excluding hydrogens is 266 g/mol. The highest BCUT2D eigenvalue weighted by atomic mass is 16.5. The highest BCUT2D eigenvalue weighted by Crippen LogP contribution is 2.31. The van der Waals surface area contributed by atoms with E-state index < -0.39 is 0 Å². The first kappa shape index (κ1) is 17.8. The predicted octanol–water partition coefficient (Wildman–Crippen LogP) is 3.56. The van der Waals surface area contributed by atoms with Crippen LogP contribution < -0.4 is 14.8 Å². The number of nitrogens with one attached hydrogen (secondary N) is 1. The number of ether oxygens (including phenoxy) is 3. The van der Waals surface area contributed by atoms with E-state index in [1.165, 1.54) is 0 Å². The third kappa shape index (κ3) is 5.94. The van der Waals surface area contributed by atoms with Gasteiger partial charge in [0.1, 0.15) is 11.5 Å². The molecular formula is C17H29NO3. The van der Waals surface area contributed by atoms with Crippen LogP contribution in [0.5, 0.6) is 11.5 Å². The van der Waals surface area contributed by atoms with Crippen LogP contribution in [0.25, 0.3) is 0 Å². The van der Waals surface area contributed by atoms with E-state index in [0.717, 1.165) is 56.1 Å². The fourth-order valence-corrected chi connectivity index (χ4v) is 2.24. The highest BCUT2D eigenvalue weighted by Gasteiger charge is 2.16. The minimum absolute atomic E-state index is 0.239. The number of hydrogen-bond acceptors (Lipinski definition) is 4. The summed E-state index contributed by atoms with van der Waals surface area (Å²) in [6, 6.07) is 6.22. The van der Waals surface area contributed by atoms with E-state index in [9.17, 15) is 0 Å². The Hall–Kier alpha value is -1.26. The molecule has 1 aromatic carbocycles. The molecule has 1 atom stereocenters. The van der Waals surface area contributed by atoms with E-state index in [-0.39, 0.29) is 6.04 Å². The molecule has 1 unspecified atom stereocenters. The topological polar surface area (TPSA) is 39.7 Å². The molecule has 0 amide bonds. The fraction of sp³-hybridized carbons (Fsp3) is 0.647. The Morgan fingerprint density at radius 2 is 1.86 bits per heavy atom. The Balaban J connectivity index is 2.80. The van der Waals surface area contributed by atoms with E-state index in [1.54, 1.807) is 14.2 Å². The van der Waals surface area contributed by atoms with Gasteiger partial charge in [-0.3, -0.25) is 0 Å². The molecule has 0 saturated heterocycles. The molecule has 0 aliphatic carbocycles. The van der Waals surface area contributed by atoms with Gasteiger partial charge in [0.05, 0.1) is 14.2 Å². The van der Waals surface area contributed by atoms with Crippen LogP contribution in [0.1, 0.15) is 44.7 Å². The maximum absolute atomic E-state index is 5.63. The molecule has 0 fully saturated rings. The van der Waals surface area contributed by atoms with Crippen molar-refractivity contribution in [1.29, 1.82) is 0 Å². The lowest BCUT2D eigenvalue weighted by atomic mass is 10.0. The standard InChI is InChI=1S/C17H29NO3/c1-5-10-18-16(9-12-21-11-6-2)15-8-7-14(19-3)13-17(15)20-4/h7-8,13,16,18H,5-6,9-12H2,1-4H3. The average molecular weight is 295 g/mol. The van der Waals surface area contributed by atoms with Crippen LogP contribution in [0.4, 0.5) is 0 Å². The van der Waals surface area contributed by atoms with Crippen LogP contribution >= 0.6 is 0 Å². The van der Waals surface area contributed by atoms with Crippen molar-refractivity contribution < 1.29 is 14.2 Å². The summed E-state index contributed by atoms with van der Waals surface area (Å²) in [5.74, 6) is 1.67. The first-order valence-corrected chi connectivity index (χ1v) is 7.79. The Morgan fingerprint density at radius 1 is 1.05 bits per heavy atom. The monoisotopic (exact) mass is 295 g/mol. The van der Waals surface area contributed by atoms with Crippen molar-refractivity contribution >= 4 is 0 Å². The molecule has 21 heavy (non-hydrogen) atoms. The van der Waals surface area contributed by atoms with Crippen molar-refractivity contribution in [2.45, 2.75) is 39.2 Å². The number of hydrogen-bond donors (Lipinski definition) is 1. The van der Waals surface area contributed by atoms with Crippen molar-refractivity contribution in [3.8, 4) is 11.5 Å². The van der Waals surface area contributed by atoms with Crippen molar-refractivity contribution in [3.63, 3.8) is 0 Å². The van der Waals surface area contributed by atoms with Crippen LogP contribution in [-0.2, 0) is 4.74 Å². The van der Waals surface area contributed by atoms with Crippen molar-refractivity contribution in [2.24, 2.45) is 0 Å². The first-order valence-electron chi connectivity index (χ1n) is 7.79. The normalized spacial score (nSPS) is 12.2. The van der Waals surface area contributed by atoms with Crippen LogP contribution in [0.3, 0.4) is 0 Å². The zero-order valence-electron chi connectivity index (χ0n) is 13.8. The summed E-state index contributed by atoms with van der Waals surface area (Å²) in [6.45, 7) is 6.85. The molecule has 0 aliphatic rings. The van der Waals surface area contributed by atoms with Crippen molar-refractivity contribution in [2.75, 3.05) is 34.0 Å². The third-order valence-electron chi connectivity index (χ3n) is 3.36. The minimum Gasteiger partial charge on any atom is -0.497 e. The summed E-state index contributed by atoms with van der Waals surface area (Å²) in [5, 5.41) is 3.57.